The highest BCUT2D eigenvalue weighted by Crippen LogP contribution is 2.30. The number of hydrogen-bond donors (Lipinski definition) is 1. The third kappa shape index (κ3) is 4.70. The van der Waals surface area contributed by atoms with Gasteiger partial charge in [0.05, 0.1) is 29.6 Å². The largest absolute Gasteiger partial charge is 0.417 e. The quantitative estimate of drug-likeness (QED) is 0.551. The van der Waals surface area contributed by atoms with Gasteiger partial charge in [-0.1, -0.05) is 6.92 Å². The van der Waals surface area contributed by atoms with E-state index in [0.29, 0.717) is 13.0 Å². The van der Waals surface area contributed by atoms with Crippen LogP contribution in [0.25, 0.3) is 5.69 Å². The lowest BCUT2D eigenvalue weighted by atomic mass is 9.90. The molecule has 0 saturated carbocycles. The van der Waals surface area contributed by atoms with Gasteiger partial charge < -0.3 is 10.2 Å². The number of piperidine rings is 1. The Balaban J connectivity index is 1.58. The molecule has 3 aromatic rings. The van der Waals surface area contributed by atoms with Crippen molar-refractivity contribution in [2.45, 2.75) is 32.0 Å². The molecule has 34 heavy (non-hydrogen) atoms. The van der Waals surface area contributed by atoms with Gasteiger partial charge >= 0.3 is 6.18 Å². The van der Waals surface area contributed by atoms with Crippen molar-refractivity contribution >= 4 is 11.7 Å². The normalized spacial score (nSPS) is 18.7. The molecule has 2 atom stereocenters. The van der Waals surface area contributed by atoms with Crippen molar-refractivity contribution in [3.8, 4) is 5.69 Å². The van der Waals surface area contributed by atoms with Crippen LogP contribution in [0.15, 0.2) is 42.9 Å². The van der Waals surface area contributed by atoms with Gasteiger partial charge in [-0.3, -0.25) is 4.79 Å². The second-order valence-electron chi connectivity index (χ2n) is 8.07. The van der Waals surface area contributed by atoms with Gasteiger partial charge in [0.2, 0.25) is 0 Å². The molecule has 1 amide bonds. The smallest absolute Gasteiger partial charge is 0.368 e. The second kappa shape index (κ2) is 9.35. The molecule has 0 bridgehead atoms. The average molecular weight is 480 g/mol. The van der Waals surface area contributed by atoms with Crippen molar-refractivity contribution in [3.63, 3.8) is 0 Å². The Hall–Kier alpha value is -3.57. The first-order valence-electron chi connectivity index (χ1n) is 10.6. The van der Waals surface area contributed by atoms with E-state index in [-0.39, 0.29) is 35.6 Å². The van der Waals surface area contributed by atoms with E-state index in [4.69, 9.17) is 0 Å². The van der Waals surface area contributed by atoms with Gasteiger partial charge in [0, 0.05) is 19.3 Å². The zero-order chi connectivity index (χ0) is 24.5. The van der Waals surface area contributed by atoms with Crippen LogP contribution in [0.2, 0.25) is 0 Å². The molecule has 1 fully saturated rings. The van der Waals surface area contributed by atoms with Crippen LogP contribution in [0, 0.1) is 17.6 Å². The predicted octanol–water partition coefficient (Wildman–Crippen LogP) is 4.31. The Morgan fingerprint density at radius 2 is 1.88 bits per heavy atom. The van der Waals surface area contributed by atoms with Gasteiger partial charge in [-0.05, 0) is 43.0 Å². The zero-order valence-electron chi connectivity index (χ0n) is 18.1. The van der Waals surface area contributed by atoms with E-state index in [1.165, 1.54) is 24.5 Å². The van der Waals surface area contributed by atoms with Crippen LogP contribution in [0.1, 0.15) is 35.7 Å². The molecule has 0 aliphatic carbocycles. The lowest BCUT2D eigenvalue weighted by Crippen LogP contribution is -2.51. The highest BCUT2D eigenvalue weighted by molar-refractivity contribution is 5.98. The minimum absolute atomic E-state index is 0.0382. The molecule has 2 unspecified atom stereocenters. The van der Waals surface area contributed by atoms with E-state index < -0.39 is 29.3 Å². The number of carbonyl (C=O) groups excluding carboxylic acids is 1. The van der Waals surface area contributed by atoms with Gasteiger partial charge in [-0.15, -0.1) is 4.80 Å². The van der Waals surface area contributed by atoms with Crippen molar-refractivity contribution in [3.05, 3.63) is 65.6 Å². The number of pyridine rings is 1. The monoisotopic (exact) mass is 480 g/mol. The number of rotatable bonds is 5. The van der Waals surface area contributed by atoms with E-state index >= 15 is 0 Å². The highest BCUT2D eigenvalue weighted by Gasteiger charge is 2.35. The first-order chi connectivity index (χ1) is 16.2. The molecule has 12 heteroatoms. The average Bonchev–Trinajstić information content (AvgIpc) is 3.33. The Morgan fingerprint density at radius 3 is 2.53 bits per heavy atom. The van der Waals surface area contributed by atoms with Crippen LogP contribution < -0.4 is 5.32 Å². The van der Waals surface area contributed by atoms with E-state index in [2.05, 4.69) is 20.5 Å². The summed E-state index contributed by atoms with van der Waals surface area (Å²) in [6.07, 6.45) is 0.345. The van der Waals surface area contributed by atoms with E-state index in [1.54, 1.807) is 4.90 Å². The minimum atomic E-state index is -4.49. The van der Waals surface area contributed by atoms with Crippen LogP contribution in [-0.4, -0.2) is 49.9 Å². The summed E-state index contributed by atoms with van der Waals surface area (Å²) in [6, 6.07) is 3.85. The molecule has 1 aliphatic rings. The van der Waals surface area contributed by atoms with Crippen LogP contribution in [0.3, 0.4) is 0 Å². The molecular formula is C22H21F5N6O. The summed E-state index contributed by atoms with van der Waals surface area (Å²) in [5.41, 5.74) is -1.34. The number of alkyl halides is 3. The van der Waals surface area contributed by atoms with Crippen LogP contribution in [-0.2, 0) is 6.18 Å². The molecule has 1 aromatic carbocycles. The topological polar surface area (TPSA) is 75.9 Å². The molecule has 180 valence electrons. The number of nitrogens with zero attached hydrogens (tertiary/aromatic N) is 5. The molecule has 4 rings (SSSR count). The number of nitrogens with one attached hydrogen (secondary N) is 1. The number of likely N-dealkylation sites (tertiary alicyclic amines) is 1. The SMILES string of the molecule is CC1CCCN(C(=O)c2ccc(F)c(F)c2-n2nccn2)C1CNc1ccc(C(F)(F)F)cn1. The van der Waals surface area contributed by atoms with Gasteiger partial charge in [-0.2, -0.15) is 23.4 Å². The summed E-state index contributed by atoms with van der Waals surface area (Å²) in [6.45, 7) is 2.54. The first kappa shape index (κ1) is 23.6. The number of amides is 1. The van der Waals surface area contributed by atoms with Crippen LogP contribution in [0.5, 0.6) is 0 Å². The third-order valence-electron chi connectivity index (χ3n) is 5.88. The summed E-state index contributed by atoms with van der Waals surface area (Å²) in [5.74, 6) is -2.63. The Bertz CT molecular complexity index is 1150. The summed E-state index contributed by atoms with van der Waals surface area (Å²) in [5, 5.41) is 10.7. The van der Waals surface area contributed by atoms with Crippen LogP contribution in [0.4, 0.5) is 27.8 Å². The number of halogens is 5. The lowest BCUT2D eigenvalue weighted by Gasteiger charge is -2.40. The maximum atomic E-state index is 14.7. The Morgan fingerprint density at radius 1 is 1.15 bits per heavy atom. The van der Waals surface area contributed by atoms with E-state index in [9.17, 15) is 26.7 Å². The molecule has 0 spiro atoms. The van der Waals surface area contributed by atoms with Crippen molar-refractivity contribution in [2.75, 3.05) is 18.4 Å². The number of aromatic nitrogens is 4. The predicted molar refractivity (Wildman–Crippen MR) is 112 cm³/mol. The third-order valence-corrected chi connectivity index (χ3v) is 5.88. The van der Waals surface area contributed by atoms with Crippen LogP contribution >= 0.6 is 0 Å². The number of carbonyl (C=O) groups is 1. The maximum Gasteiger partial charge on any atom is 0.417 e. The lowest BCUT2D eigenvalue weighted by molar-refractivity contribution is -0.137. The van der Waals surface area contributed by atoms with Gasteiger partial charge in [0.15, 0.2) is 11.6 Å². The number of hydrogen-bond acceptors (Lipinski definition) is 5. The fourth-order valence-corrected chi connectivity index (χ4v) is 4.08. The fraction of sp³-hybridized carbons (Fsp3) is 0.364. The Labute approximate surface area is 191 Å². The Kier molecular flexibility index (Phi) is 6.49. The van der Waals surface area contributed by atoms with Gasteiger partial charge in [-0.25, -0.2) is 13.8 Å². The molecule has 1 saturated heterocycles. The molecule has 1 N–H and O–H groups in total. The highest BCUT2D eigenvalue weighted by atomic mass is 19.4. The molecule has 2 aromatic heterocycles. The van der Waals surface area contributed by atoms with Crippen molar-refractivity contribution in [1.82, 2.24) is 24.9 Å². The maximum absolute atomic E-state index is 14.7. The van der Waals surface area contributed by atoms with Crippen molar-refractivity contribution < 1.29 is 26.7 Å². The van der Waals surface area contributed by atoms with Crippen molar-refractivity contribution in [1.29, 1.82) is 0 Å². The van der Waals surface area contributed by atoms with Crippen molar-refractivity contribution in [2.24, 2.45) is 5.92 Å². The number of anilines is 1. The van der Waals surface area contributed by atoms with E-state index in [0.717, 1.165) is 29.5 Å². The van der Waals surface area contributed by atoms with Gasteiger partial charge in [0.25, 0.3) is 5.91 Å². The minimum Gasteiger partial charge on any atom is -0.368 e. The number of benzene rings is 1. The summed E-state index contributed by atoms with van der Waals surface area (Å²) < 4.78 is 66.9. The van der Waals surface area contributed by atoms with E-state index in [1.807, 2.05) is 6.92 Å². The molecule has 1 aliphatic heterocycles. The molecule has 7 nitrogen and oxygen atoms in total. The zero-order valence-corrected chi connectivity index (χ0v) is 18.1. The second-order valence-corrected chi connectivity index (χ2v) is 8.07. The summed E-state index contributed by atoms with van der Waals surface area (Å²) in [4.78, 5) is 19.7. The van der Waals surface area contributed by atoms with Gasteiger partial charge in [0.1, 0.15) is 11.5 Å². The summed E-state index contributed by atoms with van der Waals surface area (Å²) >= 11 is 0. The molecule has 0 radical (unpaired) electrons. The summed E-state index contributed by atoms with van der Waals surface area (Å²) in [7, 11) is 0. The fourth-order valence-electron chi connectivity index (χ4n) is 4.08. The molecular weight excluding hydrogens is 459 g/mol. The first-order valence-corrected chi connectivity index (χ1v) is 10.6. The molecule has 3 heterocycles. The standard InChI is InChI=1S/C22H21F5N6O/c1-13-3-2-10-32(17(13)12-29-18-7-4-14(11-28-18)22(25,26)27)21(34)15-5-6-16(23)19(24)20(15)33-30-8-9-31-33/h4-9,11,13,17H,2-3,10,12H2,1H3,(H,28,29).